The second kappa shape index (κ2) is 6.75. The molecule has 1 aromatic carbocycles. The van der Waals surface area contributed by atoms with Gasteiger partial charge in [-0.15, -0.1) is 12.4 Å². The van der Waals surface area contributed by atoms with Gasteiger partial charge in [0, 0.05) is 30.1 Å². The van der Waals surface area contributed by atoms with Crippen molar-refractivity contribution in [3.63, 3.8) is 0 Å². The standard InChI is InChI=1S/C12H14BrClN2O.ClH/c1-8-7-15-4-5-16(8)12(17)10-6-9(13)2-3-11(10)14;/h2-3,6,8,15H,4-5,7H2,1H3;1H/t8-;/m1./s1. The minimum atomic E-state index is 0. The van der Waals surface area contributed by atoms with Gasteiger partial charge in [-0.3, -0.25) is 4.79 Å². The van der Waals surface area contributed by atoms with Crippen molar-refractivity contribution in [2.45, 2.75) is 13.0 Å². The Kier molecular flexibility index (Phi) is 5.92. The molecule has 3 nitrogen and oxygen atoms in total. The van der Waals surface area contributed by atoms with E-state index in [4.69, 9.17) is 11.6 Å². The van der Waals surface area contributed by atoms with Crippen LogP contribution in [0.3, 0.4) is 0 Å². The molecular formula is C12H15BrCl2N2O. The normalized spacial score (nSPS) is 19.3. The van der Waals surface area contributed by atoms with E-state index in [0.29, 0.717) is 10.6 Å². The van der Waals surface area contributed by atoms with E-state index in [0.717, 1.165) is 24.1 Å². The largest absolute Gasteiger partial charge is 0.333 e. The number of halogens is 3. The van der Waals surface area contributed by atoms with E-state index in [2.05, 4.69) is 21.2 Å². The smallest absolute Gasteiger partial charge is 0.255 e. The monoisotopic (exact) mass is 352 g/mol. The third-order valence-electron chi connectivity index (χ3n) is 2.92. The Morgan fingerprint density at radius 2 is 2.28 bits per heavy atom. The van der Waals surface area contributed by atoms with Gasteiger partial charge in [-0.25, -0.2) is 0 Å². The van der Waals surface area contributed by atoms with E-state index in [1.807, 2.05) is 17.9 Å². The highest BCUT2D eigenvalue weighted by atomic mass is 79.9. The van der Waals surface area contributed by atoms with Gasteiger partial charge in [-0.05, 0) is 25.1 Å². The van der Waals surface area contributed by atoms with Gasteiger partial charge in [-0.2, -0.15) is 0 Å². The van der Waals surface area contributed by atoms with Crippen LogP contribution in [0, 0.1) is 0 Å². The van der Waals surface area contributed by atoms with Crippen molar-refractivity contribution < 1.29 is 4.79 Å². The molecule has 0 unspecified atom stereocenters. The molecule has 0 radical (unpaired) electrons. The van der Waals surface area contributed by atoms with Crippen LogP contribution in [0.2, 0.25) is 5.02 Å². The number of hydrogen-bond donors (Lipinski definition) is 1. The summed E-state index contributed by atoms with van der Waals surface area (Å²) in [5, 5.41) is 3.76. The van der Waals surface area contributed by atoms with Gasteiger partial charge in [0.1, 0.15) is 0 Å². The van der Waals surface area contributed by atoms with Gasteiger partial charge >= 0.3 is 0 Å². The van der Waals surface area contributed by atoms with E-state index >= 15 is 0 Å². The first-order valence-electron chi connectivity index (χ1n) is 5.56. The van der Waals surface area contributed by atoms with Crippen LogP contribution in [0.15, 0.2) is 22.7 Å². The summed E-state index contributed by atoms with van der Waals surface area (Å²) in [6.45, 7) is 4.43. The molecule has 1 saturated heterocycles. The first-order valence-corrected chi connectivity index (χ1v) is 6.73. The van der Waals surface area contributed by atoms with Crippen molar-refractivity contribution in [3.8, 4) is 0 Å². The summed E-state index contributed by atoms with van der Waals surface area (Å²) in [5.41, 5.74) is 0.565. The van der Waals surface area contributed by atoms with E-state index in [1.54, 1.807) is 12.1 Å². The van der Waals surface area contributed by atoms with Gasteiger partial charge in [-0.1, -0.05) is 27.5 Å². The highest BCUT2D eigenvalue weighted by molar-refractivity contribution is 9.10. The lowest BCUT2D eigenvalue weighted by Gasteiger charge is -2.34. The summed E-state index contributed by atoms with van der Waals surface area (Å²) in [6.07, 6.45) is 0. The Morgan fingerprint density at radius 1 is 1.56 bits per heavy atom. The zero-order chi connectivity index (χ0) is 12.4. The van der Waals surface area contributed by atoms with Crippen LogP contribution in [0.1, 0.15) is 17.3 Å². The molecule has 0 bridgehead atoms. The minimum absolute atomic E-state index is 0. The van der Waals surface area contributed by atoms with E-state index in [1.165, 1.54) is 0 Å². The van der Waals surface area contributed by atoms with Crippen LogP contribution >= 0.6 is 39.9 Å². The molecule has 100 valence electrons. The Hall–Kier alpha value is -0.290. The van der Waals surface area contributed by atoms with Gasteiger partial charge in [0.2, 0.25) is 0 Å². The number of amides is 1. The summed E-state index contributed by atoms with van der Waals surface area (Å²) in [5.74, 6) is 0.00491. The van der Waals surface area contributed by atoms with Crippen molar-refractivity contribution in [3.05, 3.63) is 33.3 Å². The number of nitrogens with one attached hydrogen (secondary N) is 1. The number of carbonyl (C=O) groups excluding carboxylic acids is 1. The minimum Gasteiger partial charge on any atom is -0.333 e. The number of carbonyl (C=O) groups is 1. The molecule has 1 aromatic rings. The summed E-state index contributed by atoms with van der Waals surface area (Å²) >= 11 is 9.44. The topological polar surface area (TPSA) is 32.3 Å². The van der Waals surface area contributed by atoms with E-state index in [-0.39, 0.29) is 24.4 Å². The zero-order valence-electron chi connectivity index (χ0n) is 9.95. The fourth-order valence-electron chi connectivity index (χ4n) is 1.96. The SMILES string of the molecule is C[C@@H]1CNCCN1C(=O)c1cc(Br)ccc1Cl.Cl. The first-order chi connectivity index (χ1) is 8.09. The maximum atomic E-state index is 12.4. The highest BCUT2D eigenvalue weighted by Gasteiger charge is 2.25. The molecule has 2 rings (SSSR count). The van der Waals surface area contributed by atoms with Crippen molar-refractivity contribution in [2.75, 3.05) is 19.6 Å². The molecule has 1 aliphatic rings. The third kappa shape index (κ3) is 3.38. The molecule has 0 aliphatic carbocycles. The molecule has 6 heteroatoms. The maximum Gasteiger partial charge on any atom is 0.255 e. The average molecular weight is 354 g/mol. The molecule has 1 heterocycles. The van der Waals surface area contributed by atoms with Crippen LogP contribution in [0.25, 0.3) is 0 Å². The van der Waals surface area contributed by atoms with E-state index in [9.17, 15) is 4.79 Å². The van der Waals surface area contributed by atoms with Crippen molar-refractivity contribution >= 4 is 45.8 Å². The lowest BCUT2D eigenvalue weighted by atomic mass is 10.1. The Labute approximate surface area is 126 Å². The summed E-state index contributed by atoms with van der Waals surface area (Å²) in [4.78, 5) is 14.2. The van der Waals surface area contributed by atoms with Crippen molar-refractivity contribution in [1.29, 1.82) is 0 Å². The average Bonchev–Trinajstić information content (AvgIpc) is 2.32. The Balaban J connectivity index is 0.00000162. The van der Waals surface area contributed by atoms with Crippen LogP contribution < -0.4 is 5.32 Å². The zero-order valence-corrected chi connectivity index (χ0v) is 13.1. The lowest BCUT2D eigenvalue weighted by molar-refractivity contribution is 0.0656. The Bertz CT molecular complexity index is 442. The molecule has 1 atom stereocenters. The maximum absolute atomic E-state index is 12.4. The van der Waals surface area contributed by atoms with Gasteiger partial charge in [0.25, 0.3) is 5.91 Å². The van der Waals surface area contributed by atoms with Crippen LogP contribution in [-0.4, -0.2) is 36.5 Å². The molecule has 1 fully saturated rings. The third-order valence-corrected chi connectivity index (χ3v) is 3.74. The fourth-order valence-corrected chi connectivity index (χ4v) is 2.52. The Morgan fingerprint density at radius 3 is 2.94 bits per heavy atom. The lowest BCUT2D eigenvalue weighted by Crippen LogP contribution is -2.52. The molecule has 1 N–H and O–H groups in total. The predicted molar refractivity (Wildman–Crippen MR) is 79.8 cm³/mol. The predicted octanol–water partition coefficient (Wildman–Crippen LogP) is 2.96. The summed E-state index contributed by atoms with van der Waals surface area (Å²) in [6, 6.07) is 5.55. The van der Waals surface area contributed by atoms with Crippen molar-refractivity contribution in [1.82, 2.24) is 10.2 Å². The fraction of sp³-hybridized carbons (Fsp3) is 0.417. The number of hydrogen-bond acceptors (Lipinski definition) is 2. The number of rotatable bonds is 1. The van der Waals surface area contributed by atoms with Crippen LogP contribution in [0.4, 0.5) is 0 Å². The summed E-state index contributed by atoms with van der Waals surface area (Å²) < 4.78 is 0.869. The molecule has 1 aliphatic heterocycles. The molecule has 0 saturated carbocycles. The molecule has 0 aromatic heterocycles. The first kappa shape index (κ1) is 15.8. The molecular weight excluding hydrogens is 339 g/mol. The van der Waals surface area contributed by atoms with Gasteiger partial charge in [0.15, 0.2) is 0 Å². The number of benzene rings is 1. The second-order valence-electron chi connectivity index (χ2n) is 4.18. The number of nitrogens with zero attached hydrogens (tertiary/aromatic N) is 1. The summed E-state index contributed by atoms with van der Waals surface area (Å²) in [7, 11) is 0. The highest BCUT2D eigenvalue weighted by Crippen LogP contribution is 2.23. The van der Waals surface area contributed by atoms with Crippen LogP contribution in [0.5, 0.6) is 0 Å². The van der Waals surface area contributed by atoms with E-state index < -0.39 is 0 Å². The van der Waals surface area contributed by atoms with Crippen LogP contribution in [-0.2, 0) is 0 Å². The molecule has 1 amide bonds. The van der Waals surface area contributed by atoms with Gasteiger partial charge < -0.3 is 10.2 Å². The second-order valence-corrected chi connectivity index (χ2v) is 5.50. The molecule has 18 heavy (non-hydrogen) atoms. The quantitative estimate of drug-likeness (QED) is 0.841. The van der Waals surface area contributed by atoms with Crippen molar-refractivity contribution in [2.24, 2.45) is 0 Å². The number of piperazine rings is 1. The molecule has 0 spiro atoms. The van der Waals surface area contributed by atoms with Gasteiger partial charge in [0.05, 0.1) is 10.6 Å².